The van der Waals surface area contributed by atoms with Crippen LogP contribution >= 0.6 is 15.9 Å². The summed E-state index contributed by atoms with van der Waals surface area (Å²) in [4.78, 5) is 22.4. The number of benzene rings is 2. The number of hydrogen-bond acceptors (Lipinski definition) is 5. The van der Waals surface area contributed by atoms with Crippen LogP contribution in [0.25, 0.3) is 11.3 Å². The normalized spacial score (nSPS) is 10.9. The molecule has 7 nitrogen and oxygen atoms in total. The van der Waals surface area contributed by atoms with E-state index in [1.165, 1.54) is 24.4 Å². The molecular weight excluding hydrogens is 414 g/mol. The van der Waals surface area contributed by atoms with Gasteiger partial charge in [0.15, 0.2) is 0 Å². The van der Waals surface area contributed by atoms with Crippen molar-refractivity contribution in [3.63, 3.8) is 0 Å². The third-order valence-corrected chi connectivity index (χ3v) is 4.64. The molecule has 3 rings (SSSR count). The number of nitrogens with zero attached hydrogens (tertiary/aromatic N) is 2. The SMILES string of the molecule is Cc1ccc(-c2ccc(/C=N\NC(=O)c3ccccc3[N+](=O)[O-])o2)cc1Br. The Balaban J connectivity index is 1.71. The van der Waals surface area contributed by atoms with Crippen LogP contribution in [0.15, 0.2) is 68.6 Å². The van der Waals surface area contributed by atoms with Gasteiger partial charge in [0.05, 0.1) is 11.1 Å². The van der Waals surface area contributed by atoms with E-state index in [0.29, 0.717) is 11.5 Å². The van der Waals surface area contributed by atoms with Gasteiger partial charge in [0.1, 0.15) is 17.1 Å². The van der Waals surface area contributed by atoms with Gasteiger partial charge in [-0.1, -0.05) is 40.2 Å². The molecule has 1 aromatic heterocycles. The van der Waals surface area contributed by atoms with Crippen LogP contribution in [0.4, 0.5) is 5.69 Å². The number of nitro groups is 1. The number of aryl methyl sites for hydroxylation is 1. The maximum absolute atomic E-state index is 12.1. The minimum Gasteiger partial charge on any atom is -0.455 e. The quantitative estimate of drug-likeness (QED) is 0.362. The van der Waals surface area contributed by atoms with Crippen LogP contribution in [0.2, 0.25) is 0 Å². The van der Waals surface area contributed by atoms with Gasteiger partial charge in [-0.05, 0) is 36.8 Å². The number of hydrazone groups is 1. The first-order chi connectivity index (χ1) is 13.0. The highest BCUT2D eigenvalue weighted by atomic mass is 79.9. The Labute approximate surface area is 163 Å². The van der Waals surface area contributed by atoms with Gasteiger partial charge >= 0.3 is 0 Å². The van der Waals surface area contributed by atoms with Gasteiger partial charge in [-0.3, -0.25) is 14.9 Å². The molecule has 8 heteroatoms. The second-order valence-electron chi connectivity index (χ2n) is 5.64. The highest BCUT2D eigenvalue weighted by molar-refractivity contribution is 9.10. The molecule has 1 N–H and O–H groups in total. The second kappa shape index (κ2) is 7.96. The maximum atomic E-state index is 12.1. The fourth-order valence-electron chi connectivity index (χ4n) is 2.36. The molecule has 0 aliphatic heterocycles. The summed E-state index contributed by atoms with van der Waals surface area (Å²) in [5.41, 5.74) is 3.93. The average molecular weight is 428 g/mol. The van der Waals surface area contributed by atoms with Crippen LogP contribution in [0.3, 0.4) is 0 Å². The van der Waals surface area contributed by atoms with Crippen molar-refractivity contribution in [2.24, 2.45) is 5.10 Å². The third-order valence-electron chi connectivity index (χ3n) is 3.79. The molecule has 0 radical (unpaired) electrons. The summed E-state index contributed by atoms with van der Waals surface area (Å²) in [5.74, 6) is 0.416. The largest absolute Gasteiger partial charge is 0.455 e. The summed E-state index contributed by atoms with van der Waals surface area (Å²) in [6.07, 6.45) is 1.33. The Hall–Kier alpha value is -3.26. The molecule has 0 fully saturated rings. The predicted molar refractivity (Wildman–Crippen MR) is 105 cm³/mol. The number of halogens is 1. The van der Waals surface area contributed by atoms with E-state index in [4.69, 9.17) is 4.42 Å². The van der Waals surface area contributed by atoms with Gasteiger partial charge in [0.2, 0.25) is 0 Å². The standard InChI is InChI=1S/C19H14BrN3O4/c1-12-6-7-13(10-16(12)20)18-9-8-14(27-18)11-21-22-19(24)15-4-2-3-5-17(15)23(25)26/h2-11H,1H3,(H,22,24)/b21-11-. The number of amides is 1. The van der Waals surface area contributed by atoms with Crippen LogP contribution in [0, 0.1) is 17.0 Å². The number of rotatable bonds is 5. The molecule has 27 heavy (non-hydrogen) atoms. The summed E-state index contributed by atoms with van der Waals surface area (Å²) in [5, 5.41) is 14.8. The predicted octanol–water partition coefficient (Wildman–Crippen LogP) is 4.69. The van der Waals surface area contributed by atoms with E-state index in [-0.39, 0.29) is 11.3 Å². The molecule has 1 heterocycles. The minimum absolute atomic E-state index is 0.0655. The van der Waals surface area contributed by atoms with E-state index in [2.05, 4.69) is 26.5 Å². The number of nitro benzene ring substituents is 1. The van der Waals surface area contributed by atoms with Crippen molar-refractivity contribution in [3.05, 3.63) is 86.1 Å². The number of nitrogens with one attached hydrogen (secondary N) is 1. The molecule has 0 unspecified atom stereocenters. The van der Waals surface area contributed by atoms with Gasteiger partial charge in [-0.15, -0.1) is 0 Å². The number of furan rings is 1. The van der Waals surface area contributed by atoms with E-state index in [9.17, 15) is 14.9 Å². The van der Waals surface area contributed by atoms with E-state index in [0.717, 1.165) is 15.6 Å². The van der Waals surface area contributed by atoms with Crippen LogP contribution in [-0.2, 0) is 0 Å². The Bertz CT molecular complexity index is 1040. The summed E-state index contributed by atoms with van der Waals surface area (Å²) in [7, 11) is 0. The van der Waals surface area contributed by atoms with Gasteiger partial charge < -0.3 is 4.42 Å². The first kappa shape index (κ1) is 18.5. The monoisotopic (exact) mass is 427 g/mol. The Kier molecular flexibility index (Phi) is 5.46. The number of hydrogen-bond donors (Lipinski definition) is 1. The molecule has 0 saturated carbocycles. The molecule has 0 saturated heterocycles. The zero-order valence-corrected chi connectivity index (χ0v) is 15.8. The third kappa shape index (κ3) is 4.29. The lowest BCUT2D eigenvalue weighted by Crippen LogP contribution is -2.18. The van der Waals surface area contributed by atoms with Gasteiger partial charge in [-0.25, -0.2) is 5.43 Å². The van der Waals surface area contributed by atoms with Crippen molar-refractivity contribution in [1.82, 2.24) is 5.43 Å². The second-order valence-corrected chi connectivity index (χ2v) is 6.49. The minimum atomic E-state index is -0.673. The Morgan fingerprint density at radius 2 is 2.00 bits per heavy atom. The zero-order chi connectivity index (χ0) is 19.4. The lowest BCUT2D eigenvalue weighted by Gasteiger charge is -2.01. The number of carbonyl (C=O) groups is 1. The lowest BCUT2D eigenvalue weighted by atomic mass is 10.1. The molecule has 1 amide bonds. The average Bonchev–Trinajstić information content (AvgIpc) is 3.12. The zero-order valence-electron chi connectivity index (χ0n) is 14.2. The fourth-order valence-corrected chi connectivity index (χ4v) is 2.74. The molecule has 0 spiro atoms. The van der Waals surface area contributed by atoms with Crippen molar-refractivity contribution in [2.75, 3.05) is 0 Å². The van der Waals surface area contributed by atoms with Crippen molar-refractivity contribution < 1.29 is 14.1 Å². The van der Waals surface area contributed by atoms with Crippen LogP contribution in [0.1, 0.15) is 21.7 Å². The smallest absolute Gasteiger partial charge is 0.282 e. The van der Waals surface area contributed by atoms with Gasteiger partial charge in [0, 0.05) is 16.1 Å². The van der Waals surface area contributed by atoms with Gasteiger partial charge in [0.25, 0.3) is 11.6 Å². The van der Waals surface area contributed by atoms with Crippen LogP contribution in [0.5, 0.6) is 0 Å². The number of para-hydroxylation sites is 1. The van der Waals surface area contributed by atoms with Crippen molar-refractivity contribution in [1.29, 1.82) is 0 Å². The molecule has 0 bridgehead atoms. The van der Waals surface area contributed by atoms with E-state index in [1.54, 1.807) is 18.2 Å². The molecule has 0 aliphatic rings. The van der Waals surface area contributed by atoms with Crippen LogP contribution in [-0.4, -0.2) is 17.0 Å². The summed E-state index contributed by atoms with van der Waals surface area (Å²) in [6, 6.07) is 15.0. The highest BCUT2D eigenvalue weighted by Crippen LogP contribution is 2.26. The van der Waals surface area contributed by atoms with Crippen molar-refractivity contribution in [3.8, 4) is 11.3 Å². The molecule has 2 aromatic carbocycles. The first-order valence-corrected chi connectivity index (χ1v) is 8.68. The van der Waals surface area contributed by atoms with E-state index in [1.807, 2.05) is 25.1 Å². The van der Waals surface area contributed by atoms with Crippen molar-refractivity contribution in [2.45, 2.75) is 6.92 Å². The Morgan fingerprint density at radius 3 is 2.74 bits per heavy atom. The topological polar surface area (TPSA) is 97.7 Å². The molecular formula is C19H14BrN3O4. The van der Waals surface area contributed by atoms with Crippen molar-refractivity contribution >= 4 is 33.7 Å². The summed E-state index contributed by atoms with van der Waals surface area (Å²) < 4.78 is 6.66. The van der Waals surface area contributed by atoms with E-state index >= 15 is 0 Å². The van der Waals surface area contributed by atoms with E-state index < -0.39 is 10.8 Å². The number of carbonyl (C=O) groups excluding carboxylic acids is 1. The summed E-state index contributed by atoms with van der Waals surface area (Å²) in [6.45, 7) is 1.99. The molecule has 136 valence electrons. The molecule has 3 aromatic rings. The molecule has 0 aliphatic carbocycles. The highest BCUT2D eigenvalue weighted by Gasteiger charge is 2.18. The van der Waals surface area contributed by atoms with Crippen LogP contribution < -0.4 is 5.43 Å². The first-order valence-electron chi connectivity index (χ1n) is 7.89. The lowest BCUT2D eigenvalue weighted by molar-refractivity contribution is -0.385. The van der Waals surface area contributed by atoms with Gasteiger partial charge in [-0.2, -0.15) is 5.10 Å². The summed E-state index contributed by atoms with van der Waals surface area (Å²) >= 11 is 3.48. The Morgan fingerprint density at radius 1 is 1.22 bits per heavy atom. The fraction of sp³-hybridized carbons (Fsp3) is 0.0526. The molecule has 0 atom stereocenters. The maximum Gasteiger partial charge on any atom is 0.282 e.